The summed E-state index contributed by atoms with van der Waals surface area (Å²) in [6.07, 6.45) is 0.858. The number of halogens is 2. The van der Waals surface area contributed by atoms with Gasteiger partial charge in [0.2, 0.25) is 0 Å². The van der Waals surface area contributed by atoms with Gasteiger partial charge in [-0.15, -0.1) is 0 Å². The Hall–Kier alpha value is -1.47. The van der Waals surface area contributed by atoms with E-state index < -0.39 is 0 Å². The molecule has 128 valence electrons. The fourth-order valence-corrected chi connectivity index (χ4v) is 2.67. The Morgan fingerprint density at radius 3 is 2.50 bits per heavy atom. The van der Waals surface area contributed by atoms with Gasteiger partial charge in [-0.25, -0.2) is 0 Å². The standard InChI is InChI=1S/C18H19ClINO3/c1-3-9-24-17-15(19)10-12(11-16(17)23-4-2)18(22)21-14-7-5-13(20)6-8-14/h5-8,10-11H,3-4,9H2,1-2H3,(H,21,22). The Balaban J connectivity index is 2.25. The predicted octanol–water partition coefficient (Wildman–Crippen LogP) is 5.38. The number of carbonyl (C=O) groups is 1. The number of rotatable bonds is 7. The summed E-state index contributed by atoms with van der Waals surface area (Å²) in [6.45, 7) is 4.88. The van der Waals surface area contributed by atoms with Crippen LogP contribution >= 0.6 is 34.2 Å². The molecule has 0 fully saturated rings. The van der Waals surface area contributed by atoms with Crippen molar-refractivity contribution in [3.8, 4) is 11.5 Å². The van der Waals surface area contributed by atoms with Crippen molar-refractivity contribution in [3.63, 3.8) is 0 Å². The number of nitrogens with one attached hydrogen (secondary N) is 1. The first kappa shape index (κ1) is 18.9. The van der Waals surface area contributed by atoms with E-state index in [9.17, 15) is 4.79 Å². The van der Waals surface area contributed by atoms with E-state index in [2.05, 4.69) is 27.9 Å². The molecule has 0 spiro atoms. The highest BCUT2D eigenvalue weighted by molar-refractivity contribution is 14.1. The highest BCUT2D eigenvalue weighted by atomic mass is 127. The van der Waals surface area contributed by atoms with E-state index in [0.717, 1.165) is 15.7 Å². The summed E-state index contributed by atoms with van der Waals surface area (Å²) in [5.41, 5.74) is 1.15. The number of carbonyl (C=O) groups excluding carboxylic acids is 1. The Kier molecular flexibility index (Phi) is 7.17. The van der Waals surface area contributed by atoms with Crippen LogP contribution in [0.1, 0.15) is 30.6 Å². The summed E-state index contributed by atoms with van der Waals surface area (Å²) in [5, 5.41) is 3.21. The van der Waals surface area contributed by atoms with Crippen molar-refractivity contribution in [3.05, 3.63) is 50.6 Å². The number of hydrogen-bond donors (Lipinski definition) is 1. The topological polar surface area (TPSA) is 47.6 Å². The summed E-state index contributed by atoms with van der Waals surface area (Å²) in [5.74, 6) is 0.707. The third kappa shape index (κ3) is 5.01. The normalized spacial score (nSPS) is 10.3. The van der Waals surface area contributed by atoms with Gasteiger partial charge in [0.15, 0.2) is 11.5 Å². The van der Waals surface area contributed by atoms with Gasteiger partial charge in [0.1, 0.15) is 0 Å². The molecule has 0 bridgehead atoms. The van der Waals surface area contributed by atoms with Crippen LogP contribution in [0.4, 0.5) is 5.69 Å². The second kappa shape index (κ2) is 9.13. The molecule has 0 heterocycles. The molecule has 0 aliphatic carbocycles. The lowest BCUT2D eigenvalue weighted by atomic mass is 10.1. The van der Waals surface area contributed by atoms with Crippen LogP contribution in [-0.4, -0.2) is 19.1 Å². The highest BCUT2D eigenvalue weighted by Crippen LogP contribution is 2.37. The monoisotopic (exact) mass is 459 g/mol. The van der Waals surface area contributed by atoms with Crippen molar-refractivity contribution < 1.29 is 14.3 Å². The molecule has 6 heteroatoms. The molecule has 1 amide bonds. The molecule has 0 saturated heterocycles. The van der Waals surface area contributed by atoms with Crippen molar-refractivity contribution in [1.29, 1.82) is 0 Å². The molecule has 24 heavy (non-hydrogen) atoms. The lowest BCUT2D eigenvalue weighted by molar-refractivity contribution is 0.102. The van der Waals surface area contributed by atoms with Gasteiger partial charge >= 0.3 is 0 Å². The maximum atomic E-state index is 12.5. The lowest BCUT2D eigenvalue weighted by Gasteiger charge is -2.15. The first-order valence-corrected chi connectivity index (χ1v) is 9.16. The average molecular weight is 460 g/mol. The SMILES string of the molecule is CCCOc1c(Cl)cc(C(=O)Nc2ccc(I)cc2)cc1OCC. The van der Waals surface area contributed by atoms with Crippen LogP contribution in [0, 0.1) is 3.57 Å². The van der Waals surface area contributed by atoms with Crippen LogP contribution in [0.2, 0.25) is 5.02 Å². The van der Waals surface area contributed by atoms with Gasteiger partial charge in [0.25, 0.3) is 5.91 Å². The van der Waals surface area contributed by atoms with Gasteiger partial charge in [0.05, 0.1) is 18.2 Å². The Morgan fingerprint density at radius 2 is 1.88 bits per heavy atom. The van der Waals surface area contributed by atoms with Gasteiger partial charge < -0.3 is 14.8 Å². The second-order valence-electron chi connectivity index (χ2n) is 5.03. The maximum Gasteiger partial charge on any atom is 0.255 e. The highest BCUT2D eigenvalue weighted by Gasteiger charge is 2.16. The summed E-state index contributed by atoms with van der Waals surface area (Å²) in [6, 6.07) is 10.8. The Morgan fingerprint density at radius 1 is 1.17 bits per heavy atom. The van der Waals surface area contributed by atoms with Gasteiger partial charge in [0, 0.05) is 14.8 Å². The molecule has 0 radical (unpaired) electrons. The van der Waals surface area contributed by atoms with E-state index in [0.29, 0.717) is 35.3 Å². The summed E-state index contributed by atoms with van der Waals surface area (Å²) < 4.78 is 12.3. The molecule has 1 N–H and O–H groups in total. The summed E-state index contributed by atoms with van der Waals surface area (Å²) in [4.78, 5) is 12.5. The largest absolute Gasteiger partial charge is 0.490 e. The van der Waals surface area contributed by atoms with Crippen LogP contribution in [0.25, 0.3) is 0 Å². The molecule has 2 aromatic carbocycles. The van der Waals surface area contributed by atoms with E-state index in [-0.39, 0.29) is 5.91 Å². The quantitative estimate of drug-likeness (QED) is 0.565. The average Bonchev–Trinajstić information content (AvgIpc) is 2.56. The van der Waals surface area contributed by atoms with Crippen LogP contribution in [0.5, 0.6) is 11.5 Å². The third-order valence-corrected chi connectivity index (χ3v) is 4.12. The molecule has 0 aromatic heterocycles. The smallest absolute Gasteiger partial charge is 0.255 e. The van der Waals surface area contributed by atoms with E-state index in [1.165, 1.54) is 0 Å². The predicted molar refractivity (Wildman–Crippen MR) is 106 cm³/mol. The number of hydrogen-bond acceptors (Lipinski definition) is 3. The molecule has 0 aliphatic rings. The molecule has 0 atom stereocenters. The van der Waals surface area contributed by atoms with Crippen molar-refractivity contribution >= 4 is 45.8 Å². The number of benzene rings is 2. The van der Waals surface area contributed by atoms with Crippen molar-refractivity contribution in [1.82, 2.24) is 0 Å². The minimum absolute atomic E-state index is 0.249. The molecule has 0 unspecified atom stereocenters. The molecule has 4 nitrogen and oxygen atoms in total. The molecule has 0 saturated carbocycles. The summed E-state index contributed by atoms with van der Waals surface area (Å²) in [7, 11) is 0. The second-order valence-corrected chi connectivity index (χ2v) is 6.68. The third-order valence-electron chi connectivity index (χ3n) is 3.12. The maximum absolute atomic E-state index is 12.5. The first-order valence-electron chi connectivity index (χ1n) is 7.71. The van der Waals surface area contributed by atoms with Gasteiger partial charge in [-0.3, -0.25) is 4.79 Å². The van der Waals surface area contributed by atoms with E-state index in [4.69, 9.17) is 21.1 Å². The Bertz CT molecular complexity index is 704. The zero-order valence-corrected chi connectivity index (χ0v) is 16.5. The fourth-order valence-electron chi connectivity index (χ4n) is 2.04. The zero-order chi connectivity index (χ0) is 17.5. The van der Waals surface area contributed by atoms with Gasteiger partial charge in [-0.05, 0) is 72.3 Å². The fraction of sp³-hybridized carbons (Fsp3) is 0.278. The first-order chi connectivity index (χ1) is 11.5. The van der Waals surface area contributed by atoms with Crippen molar-refractivity contribution in [2.45, 2.75) is 20.3 Å². The zero-order valence-electron chi connectivity index (χ0n) is 13.6. The van der Waals surface area contributed by atoms with Crippen LogP contribution in [-0.2, 0) is 0 Å². The number of anilines is 1. The van der Waals surface area contributed by atoms with E-state index in [1.54, 1.807) is 12.1 Å². The van der Waals surface area contributed by atoms with Gasteiger partial charge in [-0.2, -0.15) is 0 Å². The molecule has 2 aromatic rings. The molecule has 0 aliphatic heterocycles. The number of ether oxygens (including phenoxy) is 2. The molecule has 2 rings (SSSR count). The van der Waals surface area contributed by atoms with Crippen molar-refractivity contribution in [2.75, 3.05) is 18.5 Å². The molecular weight excluding hydrogens is 441 g/mol. The minimum atomic E-state index is -0.249. The van der Waals surface area contributed by atoms with E-state index in [1.807, 2.05) is 38.1 Å². The summed E-state index contributed by atoms with van der Waals surface area (Å²) >= 11 is 8.50. The van der Waals surface area contributed by atoms with Crippen molar-refractivity contribution in [2.24, 2.45) is 0 Å². The Labute approximate surface area is 160 Å². The van der Waals surface area contributed by atoms with E-state index >= 15 is 0 Å². The number of amides is 1. The lowest BCUT2D eigenvalue weighted by Crippen LogP contribution is -2.12. The van der Waals surface area contributed by atoms with Gasteiger partial charge in [-0.1, -0.05) is 18.5 Å². The van der Waals surface area contributed by atoms with Crippen LogP contribution in [0.3, 0.4) is 0 Å². The molecular formula is C18H19ClINO3. The van der Waals surface area contributed by atoms with Crippen LogP contribution in [0.15, 0.2) is 36.4 Å². The van der Waals surface area contributed by atoms with Crippen LogP contribution < -0.4 is 14.8 Å². The minimum Gasteiger partial charge on any atom is -0.490 e.